The third-order valence-corrected chi connectivity index (χ3v) is 6.15. The number of amides is 2. The standard InChI is InChI=1S/C20H23N3O2S/c1-15-5-2-3-7-17(15)23-19(24)13-18(20(23)25)22-10-8-21(9-11-22)14-16-6-4-12-26-16/h2-7,12,18H,8-11,13-14H2,1H3/t18-/m0/s1. The van der Waals surface area contributed by atoms with Crippen molar-refractivity contribution in [1.29, 1.82) is 0 Å². The first kappa shape index (κ1) is 17.4. The summed E-state index contributed by atoms with van der Waals surface area (Å²) >= 11 is 1.78. The van der Waals surface area contributed by atoms with Crippen molar-refractivity contribution in [2.45, 2.75) is 25.9 Å². The molecule has 26 heavy (non-hydrogen) atoms. The molecule has 0 bridgehead atoms. The smallest absolute Gasteiger partial charge is 0.251 e. The van der Waals surface area contributed by atoms with Crippen molar-refractivity contribution in [3.63, 3.8) is 0 Å². The van der Waals surface area contributed by atoms with E-state index in [1.807, 2.05) is 31.2 Å². The van der Waals surface area contributed by atoms with Gasteiger partial charge in [-0.05, 0) is 30.0 Å². The number of anilines is 1. The molecule has 0 saturated carbocycles. The summed E-state index contributed by atoms with van der Waals surface area (Å²) in [5.41, 5.74) is 1.68. The van der Waals surface area contributed by atoms with Gasteiger partial charge in [0.1, 0.15) is 0 Å². The maximum absolute atomic E-state index is 13.0. The van der Waals surface area contributed by atoms with E-state index in [2.05, 4.69) is 27.3 Å². The zero-order valence-corrected chi connectivity index (χ0v) is 15.7. The van der Waals surface area contributed by atoms with Crippen molar-refractivity contribution < 1.29 is 9.59 Å². The second-order valence-corrected chi connectivity index (χ2v) is 8.00. The van der Waals surface area contributed by atoms with Gasteiger partial charge in [-0.25, -0.2) is 4.90 Å². The number of aryl methyl sites for hydroxylation is 1. The van der Waals surface area contributed by atoms with Gasteiger partial charge in [0, 0.05) is 37.6 Å². The van der Waals surface area contributed by atoms with Crippen LogP contribution in [0.15, 0.2) is 41.8 Å². The predicted octanol–water partition coefficient (Wildman–Crippen LogP) is 2.51. The molecule has 1 atom stereocenters. The van der Waals surface area contributed by atoms with Crippen LogP contribution in [0.25, 0.3) is 0 Å². The van der Waals surface area contributed by atoms with E-state index in [9.17, 15) is 9.59 Å². The van der Waals surface area contributed by atoms with E-state index in [1.165, 1.54) is 9.78 Å². The first-order valence-corrected chi connectivity index (χ1v) is 9.92. The molecule has 2 aliphatic heterocycles. The summed E-state index contributed by atoms with van der Waals surface area (Å²) in [6.45, 7) is 6.43. The quantitative estimate of drug-likeness (QED) is 0.777. The van der Waals surface area contributed by atoms with Crippen LogP contribution >= 0.6 is 11.3 Å². The molecule has 1 aromatic heterocycles. The molecule has 5 nitrogen and oxygen atoms in total. The highest BCUT2D eigenvalue weighted by atomic mass is 32.1. The Morgan fingerprint density at radius 3 is 2.50 bits per heavy atom. The van der Waals surface area contributed by atoms with E-state index in [0.717, 1.165) is 44.0 Å². The highest BCUT2D eigenvalue weighted by Crippen LogP contribution is 2.28. The third-order valence-electron chi connectivity index (χ3n) is 5.29. The molecule has 0 spiro atoms. The van der Waals surface area contributed by atoms with Crippen LogP contribution in [0, 0.1) is 6.92 Å². The van der Waals surface area contributed by atoms with Crippen LogP contribution in [0.1, 0.15) is 16.9 Å². The van der Waals surface area contributed by atoms with E-state index >= 15 is 0 Å². The zero-order chi connectivity index (χ0) is 18.1. The Morgan fingerprint density at radius 2 is 1.81 bits per heavy atom. The van der Waals surface area contributed by atoms with E-state index in [-0.39, 0.29) is 24.3 Å². The summed E-state index contributed by atoms with van der Waals surface area (Å²) in [4.78, 5) is 32.9. The Kier molecular flexibility index (Phi) is 4.89. The molecule has 2 saturated heterocycles. The van der Waals surface area contributed by atoms with Crippen molar-refractivity contribution in [2.75, 3.05) is 31.1 Å². The van der Waals surface area contributed by atoms with Gasteiger partial charge in [-0.1, -0.05) is 24.3 Å². The lowest BCUT2D eigenvalue weighted by atomic mass is 10.1. The monoisotopic (exact) mass is 369 g/mol. The second-order valence-electron chi connectivity index (χ2n) is 6.97. The number of hydrogen-bond donors (Lipinski definition) is 0. The topological polar surface area (TPSA) is 43.9 Å². The minimum atomic E-state index is -0.314. The van der Waals surface area contributed by atoms with Gasteiger partial charge in [-0.15, -0.1) is 11.3 Å². The van der Waals surface area contributed by atoms with Crippen LogP contribution in [-0.4, -0.2) is 53.8 Å². The number of nitrogens with zero attached hydrogens (tertiary/aromatic N) is 3. The molecule has 2 amide bonds. The summed E-state index contributed by atoms with van der Waals surface area (Å²) in [7, 11) is 0. The Balaban J connectivity index is 1.41. The van der Waals surface area contributed by atoms with Crippen LogP contribution in [-0.2, 0) is 16.1 Å². The number of hydrogen-bond acceptors (Lipinski definition) is 5. The molecule has 0 N–H and O–H groups in total. The Labute approximate surface area is 157 Å². The number of imide groups is 1. The maximum Gasteiger partial charge on any atom is 0.251 e. The number of piperazine rings is 1. The van der Waals surface area contributed by atoms with Crippen LogP contribution in [0.5, 0.6) is 0 Å². The van der Waals surface area contributed by atoms with Gasteiger partial charge < -0.3 is 0 Å². The Morgan fingerprint density at radius 1 is 1.04 bits per heavy atom. The molecule has 2 fully saturated rings. The number of carbonyl (C=O) groups is 2. The molecule has 4 rings (SSSR count). The summed E-state index contributed by atoms with van der Waals surface area (Å²) in [6, 6.07) is 11.5. The Bertz CT molecular complexity index is 797. The van der Waals surface area contributed by atoms with Gasteiger partial charge in [0.05, 0.1) is 18.2 Å². The molecule has 6 heteroatoms. The van der Waals surface area contributed by atoms with E-state index in [4.69, 9.17) is 0 Å². The highest BCUT2D eigenvalue weighted by molar-refractivity contribution is 7.09. The van der Waals surface area contributed by atoms with Crippen LogP contribution in [0.2, 0.25) is 0 Å². The predicted molar refractivity (Wildman–Crippen MR) is 103 cm³/mol. The summed E-state index contributed by atoms with van der Waals surface area (Å²) in [6.07, 6.45) is 0.290. The zero-order valence-electron chi connectivity index (χ0n) is 14.9. The number of para-hydroxylation sites is 1. The van der Waals surface area contributed by atoms with Crippen molar-refractivity contribution in [2.24, 2.45) is 0 Å². The van der Waals surface area contributed by atoms with Gasteiger partial charge in [0.2, 0.25) is 5.91 Å². The first-order valence-electron chi connectivity index (χ1n) is 9.04. The average Bonchev–Trinajstić information content (AvgIpc) is 3.25. The van der Waals surface area contributed by atoms with E-state index in [1.54, 1.807) is 11.3 Å². The minimum Gasteiger partial charge on any atom is -0.296 e. The normalized spacial score (nSPS) is 22.3. The lowest BCUT2D eigenvalue weighted by molar-refractivity contribution is -0.123. The Hall–Kier alpha value is -2.02. The lowest BCUT2D eigenvalue weighted by Crippen LogP contribution is -2.52. The van der Waals surface area contributed by atoms with Crippen LogP contribution < -0.4 is 4.90 Å². The molecular weight excluding hydrogens is 346 g/mol. The number of rotatable bonds is 4. The average molecular weight is 369 g/mol. The largest absolute Gasteiger partial charge is 0.296 e. The minimum absolute atomic E-state index is 0.0731. The molecule has 0 unspecified atom stereocenters. The fourth-order valence-corrected chi connectivity index (χ4v) is 4.57. The van der Waals surface area contributed by atoms with Gasteiger partial charge >= 0.3 is 0 Å². The molecule has 0 aliphatic carbocycles. The van der Waals surface area contributed by atoms with Crippen molar-refractivity contribution in [1.82, 2.24) is 9.80 Å². The second kappa shape index (κ2) is 7.31. The van der Waals surface area contributed by atoms with Gasteiger partial charge in [-0.2, -0.15) is 0 Å². The third kappa shape index (κ3) is 3.32. The van der Waals surface area contributed by atoms with Crippen LogP contribution in [0.4, 0.5) is 5.69 Å². The van der Waals surface area contributed by atoms with E-state index < -0.39 is 0 Å². The van der Waals surface area contributed by atoms with Crippen molar-refractivity contribution in [3.8, 4) is 0 Å². The first-order chi connectivity index (χ1) is 12.6. The fraction of sp³-hybridized carbons (Fsp3) is 0.400. The summed E-state index contributed by atoms with van der Waals surface area (Å²) < 4.78 is 0. The summed E-state index contributed by atoms with van der Waals surface area (Å²) in [5.74, 6) is -0.161. The van der Waals surface area contributed by atoms with E-state index in [0.29, 0.717) is 0 Å². The van der Waals surface area contributed by atoms with Gasteiger partial charge in [0.15, 0.2) is 0 Å². The van der Waals surface area contributed by atoms with Crippen LogP contribution in [0.3, 0.4) is 0 Å². The molecule has 2 aromatic rings. The molecule has 0 radical (unpaired) electrons. The van der Waals surface area contributed by atoms with Crippen molar-refractivity contribution in [3.05, 3.63) is 52.2 Å². The highest BCUT2D eigenvalue weighted by Gasteiger charge is 2.43. The molecule has 3 heterocycles. The maximum atomic E-state index is 13.0. The summed E-state index contributed by atoms with van der Waals surface area (Å²) in [5, 5.41) is 2.11. The molecular formula is C20H23N3O2S. The molecule has 2 aliphatic rings. The molecule has 136 valence electrons. The SMILES string of the molecule is Cc1ccccc1N1C(=O)C[C@H](N2CCN(Cc3cccs3)CC2)C1=O. The molecule has 1 aromatic carbocycles. The van der Waals surface area contributed by atoms with Gasteiger partial charge in [0.25, 0.3) is 5.91 Å². The van der Waals surface area contributed by atoms with Crippen molar-refractivity contribution >= 4 is 28.8 Å². The number of thiophene rings is 1. The lowest BCUT2D eigenvalue weighted by Gasteiger charge is -2.36. The van der Waals surface area contributed by atoms with Gasteiger partial charge in [-0.3, -0.25) is 19.4 Å². The number of benzene rings is 1. The fourth-order valence-electron chi connectivity index (χ4n) is 3.82. The number of carbonyl (C=O) groups excluding carboxylic acids is 2.